The minimum absolute atomic E-state index is 0.0694. The Morgan fingerprint density at radius 1 is 0.654 bits per heavy atom. The molecule has 0 aromatic heterocycles. The van der Waals surface area contributed by atoms with Gasteiger partial charge in [0.15, 0.2) is 0 Å². The molecule has 0 saturated carbocycles. The number of carbonyl (C=O) groups is 3. The maximum atomic E-state index is 9.89. The summed E-state index contributed by atoms with van der Waals surface area (Å²) in [6, 6.07) is 0. The van der Waals surface area contributed by atoms with Crippen LogP contribution in [0.4, 0.5) is 0 Å². The molecule has 0 aromatic carbocycles. The van der Waals surface area contributed by atoms with Gasteiger partial charge < -0.3 is 52.4 Å². The Hall–Kier alpha value is -1.89. The van der Waals surface area contributed by atoms with Gasteiger partial charge in [0.05, 0.1) is 27.1 Å². The molecule has 0 N–H and O–H groups in total. The number of quaternary nitrogens is 1. The second kappa shape index (κ2) is 14.3. The fourth-order valence-corrected chi connectivity index (χ4v) is 0.591. The molecular formula is C9H15NO14S2-6. The number of likely N-dealkylation sites (N-methyl/N-ethyl adjacent to an activating group) is 1. The SMILES string of the molecule is C[N+](C)(C)CC(=O)[O-].O=C([O-])CCC(=O)[O-].O=S(=O)([O-])[O-].O=S(=O)([O-])[O-]. The second-order valence-corrected chi connectivity index (χ2v) is 6.51. The van der Waals surface area contributed by atoms with E-state index in [1.165, 1.54) is 0 Å². The molecule has 0 atom stereocenters. The van der Waals surface area contributed by atoms with Crippen LogP contribution in [0.15, 0.2) is 0 Å². The van der Waals surface area contributed by atoms with Crippen molar-refractivity contribution in [1.29, 1.82) is 0 Å². The predicted molar refractivity (Wildman–Crippen MR) is 68.1 cm³/mol. The lowest BCUT2D eigenvalue weighted by Crippen LogP contribution is -2.45. The standard InChI is InChI=1S/C5H11NO2.C4H6O4.2H2O4S/c1-6(2,3)4-5(7)8;5-3(6)1-2-4(7)8;2*1-5(2,3)4/h4H2,1-3H3;1-2H2,(H,5,6)(H,7,8);2*(H2,1,2,3,4)/p-6. The summed E-state index contributed by atoms with van der Waals surface area (Å²) in [7, 11) is -4.93. The normalized spacial score (nSPS) is 10.6. The second-order valence-electron chi connectivity index (χ2n) is 4.88. The molecule has 0 bridgehead atoms. The highest BCUT2D eigenvalue weighted by molar-refractivity contribution is 7.79. The van der Waals surface area contributed by atoms with E-state index in [0.717, 1.165) is 0 Å². The van der Waals surface area contributed by atoms with Crippen molar-refractivity contribution >= 4 is 38.7 Å². The number of aliphatic carboxylic acids is 3. The highest BCUT2D eigenvalue weighted by atomic mass is 32.3. The summed E-state index contributed by atoms with van der Waals surface area (Å²) in [5, 5.41) is 28.9. The largest absolute Gasteiger partial charge is 0.759 e. The highest BCUT2D eigenvalue weighted by Crippen LogP contribution is 1.85. The van der Waals surface area contributed by atoms with Crippen LogP contribution in [0.5, 0.6) is 0 Å². The van der Waals surface area contributed by atoms with Crippen LogP contribution in [-0.4, -0.2) is 85.1 Å². The first kappa shape index (κ1) is 31.8. The summed E-state index contributed by atoms with van der Waals surface area (Å²) in [6.07, 6.45) is -0.940. The van der Waals surface area contributed by atoms with Crippen LogP contribution in [-0.2, 0) is 35.2 Å². The smallest absolute Gasteiger partial charge is 0.118 e. The van der Waals surface area contributed by atoms with Gasteiger partial charge in [-0.15, -0.1) is 0 Å². The van der Waals surface area contributed by atoms with Crippen LogP contribution in [0, 0.1) is 0 Å². The van der Waals surface area contributed by atoms with Crippen molar-refractivity contribution < 1.29 is 69.2 Å². The summed E-state index contributed by atoms with van der Waals surface area (Å²) in [6.45, 7) is 0.0694. The van der Waals surface area contributed by atoms with Crippen molar-refractivity contribution in [3.8, 4) is 0 Å². The van der Waals surface area contributed by atoms with Crippen LogP contribution < -0.4 is 15.3 Å². The van der Waals surface area contributed by atoms with Gasteiger partial charge in [-0.25, -0.2) is 0 Å². The first-order chi connectivity index (χ1) is 11.0. The number of rotatable bonds is 5. The number of carbonyl (C=O) groups excluding carboxylic acids is 3. The molecule has 0 radical (unpaired) electrons. The number of carboxylic acid groups (broad SMARTS) is 3. The van der Waals surface area contributed by atoms with Gasteiger partial charge in [0, 0.05) is 32.7 Å². The molecule has 0 aliphatic heterocycles. The van der Waals surface area contributed by atoms with Crippen molar-refractivity contribution in [1.82, 2.24) is 0 Å². The van der Waals surface area contributed by atoms with Crippen molar-refractivity contribution in [2.75, 3.05) is 27.7 Å². The molecule has 26 heavy (non-hydrogen) atoms. The summed E-state index contributed by atoms with van der Waals surface area (Å²) >= 11 is 0. The van der Waals surface area contributed by atoms with E-state index in [0.29, 0.717) is 4.48 Å². The van der Waals surface area contributed by atoms with Crippen LogP contribution in [0.1, 0.15) is 12.8 Å². The van der Waals surface area contributed by atoms with E-state index in [-0.39, 0.29) is 6.54 Å². The summed E-state index contributed by atoms with van der Waals surface area (Å²) < 4.78 is 68.6. The molecule has 0 saturated heterocycles. The number of carboxylic acids is 3. The number of hydrogen-bond acceptors (Lipinski definition) is 14. The van der Waals surface area contributed by atoms with Gasteiger partial charge in [0.2, 0.25) is 0 Å². The third-order valence-corrected chi connectivity index (χ3v) is 1.14. The van der Waals surface area contributed by atoms with E-state index in [4.69, 9.17) is 35.0 Å². The van der Waals surface area contributed by atoms with Crippen molar-refractivity contribution in [2.45, 2.75) is 12.8 Å². The fraction of sp³-hybridized carbons (Fsp3) is 0.667. The molecule has 0 unspecified atom stereocenters. The molecule has 158 valence electrons. The monoisotopic (exact) mass is 425 g/mol. The molecule has 0 amide bonds. The van der Waals surface area contributed by atoms with Crippen LogP contribution in [0.25, 0.3) is 0 Å². The maximum absolute atomic E-state index is 9.89. The zero-order valence-corrected chi connectivity index (χ0v) is 15.2. The molecule has 0 rings (SSSR count). The van der Waals surface area contributed by atoms with Crippen LogP contribution in [0.2, 0.25) is 0 Å². The van der Waals surface area contributed by atoms with E-state index >= 15 is 0 Å². The van der Waals surface area contributed by atoms with Gasteiger partial charge in [-0.05, 0) is 12.8 Å². The van der Waals surface area contributed by atoms with Gasteiger partial charge in [-0.2, -0.15) is 0 Å². The minimum Gasteiger partial charge on any atom is -0.759 e. The molecular weight excluding hydrogens is 410 g/mol. The molecule has 15 nitrogen and oxygen atoms in total. The van der Waals surface area contributed by atoms with Crippen LogP contribution >= 0.6 is 0 Å². The van der Waals surface area contributed by atoms with Crippen molar-refractivity contribution in [2.24, 2.45) is 0 Å². The molecule has 0 spiro atoms. The maximum Gasteiger partial charge on any atom is 0.118 e. The molecule has 0 aliphatic rings. The molecule has 0 aliphatic carbocycles. The topological polar surface area (TPSA) is 281 Å². The Labute approximate surface area is 149 Å². The predicted octanol–water partition coefficient (Wildman–Crippen LogP) is -6.97. The quantitative estimate of drug-likeness (QED) is 0.225. The number of nitrogens with zero attached hydrogens (tertiary/aromatic N) is 1. The van der Waals surface area contributed by atoms with Gasteiger partial charge in [0.25, 0.3) is 0 Å². The van der Waals surface area contributed by atoms with E-state index in [1.807, 2.05) is 0 Å². The van der Waals surface area contributed by atoms with Gasteiger partial charge in [-0.1, -0.05) is 0 Å². The Balaban J connectivity index is -0.000000127. The third kappa shape index (κ3) is 150. The average molecular weight is 425 g/mol. The molecule has 0 fully saturated rings. The Morgan fingerprint density at radius 3 is 0.885 bits per heavy atom. The molecule has 0 aromatic rings. The fourth-order valence-electron chi connectivity index (χ4n) is 0.591. The first-order valence-corrected chi connectivity index (χ1v) is 8.44. The van der Waals surface area contributed by atoms with Gasteiger partial charge >= 0.3 is 0 Å². The summed E-state index contributed by atoms with van der Waals surface area (Å²) in [5.41, 5.74) is 0. The van der Waals surface area contributed by atoms with E-state index in [1.54, 1.807) is 21.1 Å². The zero-order valence-electron chi connectivity index (χ0n) is 13.6. The molecule has 0 heterocycles. The first-order valence-electron chi connectivity index (χ1n) is 5.78. The highest BCUT2D eigenvalue weighted by Gasteiger charge is 2.04. The van der Waals surface area contributed by atoms with Crippen molar-refractivity contribution in [3.63, 3.8) is 0 Å². The molecule has 17 heteroatoms. The Morgan fingerprint density at radius 2 is 0.846 bits per heavy atom. The van der Waals surface area contributed by atoms with Gasteiger partial charge in [-0.3, -0.25) is 16.8 Å². The van der Waals surface area contributed by atoms with E-state index in [2.05, 4.69) is 0 Å². The minimum atomic E-state index is -5.17. The van der Waals surface area contributed by atoms with E-state index < -0.39 is 51.5 Å². The van der Waals surface area contributed by atoms with Crippen molar-refractivity contribution in [3.05, 3.63) is 0 Å². The lowest BCUT2D eigenvalue weighted by atomic mass is 10.3. The third-order valence-electron chi connectivity index (χ3n) is 1.14. The Bertz CT molecular complexity index is 570. The lowest BCUT2D eigenvalue weighted by molar-refractivity contribution is -0.864. The zero-order chi connectivity index (χ0) is 22.4. The lowest BCUT2D eigenvalue weighted by Gasteiger charge is -2.23. The van der Waals surface area contributed by atoms with Gasteiger partial charge in [0.1, 0.15) is 6.54 Å². The van der Waals surface area contributed by atoms with Crippen LogP contribution in [0.3, 0.4) is 0 Å². The summed E-state index contributed by atoms with van der Waals surface area (Å²) in [5.74, 6) is -3.74. The van der Waals surface area contributed by atoms with E-state index in [9.17, 15) is 29.7 Å². The number of hydrogen-bond donors (Lipinski definition) is 0. The summed E-state index contributed by atoms with van der Waals surface area (Å²) in [4.78, 5) is 28.9. The average Bonchev–Trinajstić information content (AvgIpc) is 2.18. The Kier molecular flexibility index (Phi) is 17.5.